The summed E-state index contributed by atoms with van der Waals surface area (Å²) in [6, 6.07) is 19.1. The van der Waals surface area contributed by atoms with Gasteiger partial charge in [-0.25, -0.2) is 4.98 Å². The van der Waals surface area contributed by atoms with Gasteiger partial charge in [0, 0.05) is 20.4 Å². The monoisotopic (exact) mass is 597 g/mol. The Morgan fingerprint density at radius 1 is 1.03 bits per heavy atom. The van der Waals surface area contributed by atoms with Crippen LogP contribution in [0.4, 0.5) is 0 Å². The van der Waals surface area contributed by atoms with Crippen molar-refractivity contribution in [1.29, 1.82) is 0 Å². The highest BCUT2D eigenvalue weighted by Gasteiger charge is 2.15. The Balaban J connectivity index is 1.71. The number of ether oxygens (including phenoxy) is 2. The van der Waals surface area contributed by atoms with Crippen LogP contribution in [0.1, 0.15) is 43.6 Å². The summed E-state index contributed by atoms with van der Waals surface area (Å²) in [5, 5.41) is 5.04. The molecule has 0 aliphatic carbocycles. The lowest BCUT2D eigenvalue weighted by atomic mass is 10.2. The standard InChI is InChI=1S/C27H25Br2N3O3/c1-4-34-24-12-19(22(29)14-25(24)35-16-18-8-6-5-7-9-18)15-30-32-26(17(2)3)31-23-11-10-20(28)13-21(23)27(32)33/h5-15,17H,4,16H2,1-3H3. The number of aromatic nitrogens is 2. The number of hydrogen-bond donors (Lipinski definition) is 0. The average Bonchev–Trinajstić information content (AvgIpc) is 2.85. The van der Waals surface area contributed by atoms with Gasteiger partial charge in [-0.05, 0) is 58.7 Å². The van der Waals surface area contributed by atoms with E-state index in [9.17, 15) is 4.79 Å². The first-order valence-electron chi connectivity index (χ1n) is 11.3. The summed E-state index contributed by atoms with van der Waals surface area (Å²) in [4.78, 5) is 18.0. The summed E-state index contributed by atoms with van der Waals surface area (Å²) in [6.07, 6.45) is 1.63. The van der Waals surface area contributed by atoms with Gasteiger partial charge < -0.3 is 9.47 Å². The zero-order valence-electron chi connectivity index (χ0n) is 19.7. The third-order valence-electron chi connectivity index (χ3n) is 5.26. The largest absolute Gasteiger partial charge is 0.490 e. The van der Waals surface area contributed by atoms with Crippen molar-refractivity contribution in [3.8, 4) is 11.5 Å². The highest BCUT2D eigenvalue weighted by atomic mass is 79.9. The van der Waals surface area contributed by atoms with Gasteiger partial charge in [-0.2, -0.15) is 9.78 Å². The fourth-order valence-electron chi connectivity index (χ4n) is 3.54. The normalized spacial score (nSPS) is 11.5. The zero-order chi connectivity index (χ0) is 24.9. The molecule has 0 N–H and O–H groups in total. The Morgan fingerprint density at radius 3 is 2.49 bits per heavy atom. The maximum absolute atomic E-state index is 13.3. The molecule has 0 aliphatic heterocycles. The van der Waals surface area contributed by atoms with E-state index in [1.807, 2.05) is 75.4 Å². The predicted molar refractivity (Wildman–Crippen MR) is 147 cm³/mol. The summed E-state index contributed by atoms with van der Waals surface area (Å²) >= 11 is 7.05. The lowest BCUT2D eigenvalue weighted by Crippen LogP contribution is -2.23. The van der Waals surface area contributed by atoms with Crippen molar-refractivity contribution in [3.05, 3.63) is 96.9 Å². The lowest BCUT2D eigenvalue weighted by Gasteiger charge is -2.14. The quantitative estimate of drug-likeness (QED) is 0.207. The van der Waals surface area contributed by atoms with Gasteiger partial charge in [-0.1, -0.05) is 60.1 Å². The molecule has 0 fully saturated rings. The van der Waals surface area contributed by atoms with Crippen molar-refractivity contribution in [2.45, 2.75) is 33.3 Å². The molecule has 6 nitrogen and oxygen atoms in total. The number of halogens is 2. The van der Waals surface area contributed by atoms with Crippen molar-refractivity contribution < 1.29 is 9.47 Å². The molecule has 4 rings (SSSR count). The first-order valence-corrected chi connectivity index (χ1v) is 12.9. The predicted octanol–water partition coefficient (Wildman–Crippen LogP) is 6.90. The van der Waals surface area contributed by atoms with Gasteiger partial charge in [-0.3, -0.25) is 4.79 Å². The van der Waals surface area contributed by atoms with Crippen LogP contribution < -0.4 is 15.0 Å². The highest BCUT2D eigenvalue weighted by molar-refractivity contribution is 9.10. The summed E-state index contributed by atoms with van der Waals surface area (Å²) in [5.41, 5.74) is 2.23. The molecule has 35 heavy (non-hydrogen) atoms. The second-order valence-electron chi connectivity index (χ2n) is 8.18. The van der Waals surface area contributed by atoms with E-state index < -0.39 is 0 Å². The van der Waals surface area contributed by atoms with Crippen LogP contribution in [0.2, 0.25) is 0 Å². The number of benzene rings is 3. The summed E-state index contributed by atoms with van der Waals surface area (Å²) < 4.78 is 14.8. The van der Waals surface area contributed by atoms with Crippen LogP contribution in [0.15, 0.2) is 79.5 Å². The minimum atomic E-state index is -0.222. The van der Waals surface area contributed by atoms with Gasteiger partial charge in [0.05, 0.1) is 23.7 Å². The maximum atomic E-state index is 13.3. The van der Waals surface area contributed by atoms with E-state index >= 15 is 0 Å². The number of hydrogen-bond acceptors (Lipinski definition) is 5. The van der Waals surface area contributed by atoms with E-state index in [1.165, 1.54) is 4.68 Å². The third kappa shape index (κ3) is 5.82. The Bertz CT molecular complexity index is 1430. The van der Waals surface area contributed by atoms with Crippen molar-refractivity contribution in [2.24, 2.45) is 5.10 Å². The van der Waals surface area contributed by atoms with Crippen LogP contribution >= 0.6 is 31.9 Å². The second-order valence-corrected chi connectivity index (χ2v) is 9.95. The summed E-state index contributed by atoms with van der Waals surface area (Å²) in [6.45, 7) is 6.80. The Hall–Kier alpha value is -2.97. The van der Waals surface area contributed by atoms with Gasteiger partial charge in [-0.15, -0.1) is 0 Å². The molecule has 3 aromatic carbocycles. The van der Waals surface area contributed by atoms with Crippen LogP contribution in [0.25, 0.3) is 10.9 Å². The van der Waals surface area contributed by atoms with Gasteiger partial charge in [0.1, 0.15) is 12.4 Å². The summed E-state index contributed by atoms with van der Waals surface area (Å²) in [5.74, 6) is 1.82. The Kier molecular flexibility index (Phi) is 8.03. The van der Waals surface area contributed by atoms with Crippen LogP contribution in [0.5, 0.6) is 11.5 Å². The molecule has 0 spiro atoms. The van der Waals surface area contributed by atoms with E-state index in [1.54, 1.807) is 12.3 Å². The molecular weight excluding hydrogens is 574 g/mol. The molecule has 0 atom stereocenters. The highest BCUT2D eigenvalue weighted by Crippen LogP contribution is 2.34. The summed E-state index contributed by atoms with van der Waals surface area (Å²) in [7, 11) is 0. The van der Waals surface area contributed by atoms with E-state index in [0.29, 0.717) is 41.4 Å². The second kappa shape index (κ2) is 11.2. The third-order valence-corrected chi connectivity index (χ3v) is 6.44. The smallest absolute Gasteiger partial charge is 0.282 e. The van der Waals surface area contributed by atoms with Gasteiger partial charge >= 0.3 is 0 Å². The molecule has 0 amide bonds. The SMILES string of the molecule is CCOc1cc(C=Nn2c(C(C)C)nc3ccc(Br)cc3c2=O)c(Br)cc1OCc1ccccc1. The average molecular weight is 599 g/mol. The van der Waals surface area contributed by atoms with Crippen LogP contribution in [0.3, 0.4) is 0 Å². The number of fused-ring (bicyclic) bond motifs is 1. The van der Waals surface area contributed by atoms with Gasteiger partial charge in [0.15, 0.2) is 11.5 Å². The molecule has 1 aromatic heterocycles. The number of rotatable bonds is 8. The van der Waals surface area contributed by atoms with Crippen LogP contribution in [0, 0.1) is 0 Å². The molecule has 4 aromatic rings. The molecule has 0 saturated heterocycles. The van der Waals surface area contributed by atoms with Crippen LogP contribution in [-0.4, -0.2) is 22.5 Å². The molecule has 0 saturated carbocycles. The van der Waals surface area contributed by atoms with Crippen molar-refractivity contribution in [1.82, 2.24) is 9.66 Å². The molecule has 0 aliphatic rings. The minimum absolute atomic E-state index is 0.00378. The Labute approximate surface area is 220 Å². The van der Waals surface area contributed by atoms with E-state index in [-0.39, 0.29) is 11.5 Å². The minimum Gasteiger partial charge on any atom is -0.490 e. The Morgan fingerprint density at radius 2 is 1.77 bits per heavy atom. The molecule has 180 valence electrons. The maximum Gasteiger partial charge on any atom is 0.282 e. The molecule has 0 radical (unpaired) electrons. The van der Waals surface area contributed by atoms with Gasteiger partial charge in [0.25, 0.3) is 5.56 Å². The molecule has 0 unspecified atom stereocenters. The first kappa shape index (κ1) is 25.1. The molecular formula is C27H25Br2N3O3. The molecule has 0 bridgehead atoms. The van der Waals surface area contributed by atoms with Crippen molar-refractivity contribution >= 4 is 49.0 Å². The fraction of sp³-hybridized carbons (Fsp3) is 0.222. The van der Waals surface area contributed by atoms with E-state index in [0.717, 1.165) is 20.1 Å². The van der Waals surface area contributed by atoms with E-state index in [4.69, 9.17) is 14.5 Å². The van der Waals surface area contributed by atoms with Crippen molar-refractivity contribution in [2.75, 3.05) is 6.61 Å². The fourth-order valence-corrected chi connectivity index (χ4v) is 4.32. The number of nitrogens with zero attached hydrogens (tertiary/aromatic N) is 3. The molecule has 1 heterocycles. The van der Waals surface area contributed by atoms with Gasteiger partial charge in [0.2, 0.25) is 0 Å². The lowest BCUT2D eigenvalue weighted by molar-refractivity contribution is 0.269. The van der Waals surface area contributed by atoms with Crippen LogP contribution in [-0.2, 0) is 6.61 Å². The van der Waals surface area contributed by atoms with Crippen molar-refractivity contribution in [3.63, 3.8) is 0 Å². The molecule has 8 heteroatoms. The first-order chi connectivity index (χ1) is 16.9. The topological polar surface area (TPSA) is 65.7 Å². The zero-order valence-corrected chi connectivity index (χ0v) is 22.8. The van der Waals surface area contributed by atoms with E-state index in [2.05, 4.69) is 37.0 Å².